The first-order valence-electron chi connectivity index (χ1n) is 3.27. The Labute approximate surface area is 71.5 Å². The summed E-state index contributed by atoms with van der Waals surface area (Å²) < 4.78 is 4.64. The van der Waals surface area contributed by atoms with Crippen LogP contribution in [0.5, 0.6) is 0 Å². The number of aliphatic hydroxyl groups excluding tert-OH is 1. The third-order valence-electron chi connectivity index (χ3n) is 1.00. The molecule has 0 radical (unpaired) electrons. The normalized spacial score (nSPS) is 12.3. The summed E-state index contributed by atoms with van der Waals surface area (Å²) in [4.78, 5) is 10.7. The Kier molecular flexibility index (Phi) is 4.98. The van der Waals surface area contributed by atoms with E-state index in [0.717, 1.165) is 0 Å². The van der Waals surface area contributed by atoms with Gasteiger partial charge < -0.3 is 9.84 Å². The fourth-order valence-corrected chi connectivity index (χ4v) is 0.470. The summed E-state index contributed by atoms with van der Waals surface area (Å²) in [6, 6.07) is 0. The number of hydrogen-bond donors (Lipinski definition) is 2. The first-order chi connectivity index (χ1) is 5.04. The van der Waals surface area contributed by atoms with Crippen molar-refractivity contribution in [1.82, 2.24) is 0 Å². The molecular formula is C7H12O3S. The highest BCUT2D eigenvalue weighted by molar-refractivity contribution is 7.85. The number of rotatable bonds is 4. The molecule has 0 saturated carbocycles. The predicted molar refractivity (Wildman–Crippen MR) is 45.4 cm³/mol. The molecule has 64 valence electrons. The highest BCUT2D eigenvalue weighted by Gasteiger charge is 2.03. The molecule has 0 fully saturated rings. The van der Waals surface area contributed by atoms with Crippen molar-refractivity contribution in [2.45, 2.75) is 19.4 Å². The lowest BCUT2D eigenvalue weighted by atomic mass is 10.3. The molecule has 0 aliphatic rings. The van der Waals surface area contributed by atoms with E-state index in [4.69, 9.17) is 5.11 Å². The Morgan fingerprint density at radius 3 is 2.73 bits per heavy atom. The summed E-state index contributed by atoms with van der Waals surface area (Å²) in [5.74, 6) is -0.533. The molecule has 0 aromatic heterocycles. The minimum atomic E-state index is -0.533. The molecule has 0 aliphatic carbocycles. The van der Waals surface area contributed by atoms with Gasteiger partial charge in [0.2, 0.25) is 0 Å². The van der Waals surface area contributed by atoms with Gasteiger partial charge >= 0.3 is 5.97 Å². The second-order valence-electron chi connectivity index (χ2n) is 2.22. The van der Waals surface area contributed by atoms with E-state index in [1.807, 2.05) is 0 Å². The Hall–Kier alpha value is -0.480. The van der Waals surface area contributed by atoms with E-state index in [9.17, 15) is 4.79 Å². The van der Waals surface area contributed by atoms with Gasteiger partial charge in [0.25, 0.3) is 0 Å². The molecule has 0 aliphatic heterocycles. The largest absolute Gasteiger partial charge is 0.462 e. The molecular weight excluding hydrogens is 164 g/mol. The van der Waals surface area contributed by atoms with Crippen molar-refractivity contribution in [1.29, 1.82) is 0 Å². The predicted octanol–water partition coefficient (Wildman–Crippen LogP) is 0.744. The zero-order valence-corrected chi connectivity index (χ0v) is 7.30. The standard InChI is InChI=1S/C7H12O3S/c1-5(8)3-4-10-7(9)6(2)11/h5,8,11H,2-4H2,1H3. The van der Waals surface area contributed by atoms with Crippen LogP contribution in [-0.2, 0) is 9.53 Å². The van der Waals surface area contributed by atoms with Crippen LogP contribution in [0.15, 0.2) is 11.5 Å². The summed E-state index contributed by atoms with van der Waals surface area (Å²) in [6.07, 6.45) is -0.0109. The van der Waals surface area contributed by atoms with E-state index < -0.39 is 12.1 Å². The number of carbonyl (C=O) groups is 1. The van der Waals surface area contributed by atoms with Crippen molar-refractivity contribution >= 4 is 18.6 Å². The molecule has 0 aromatic carbocycles. The third-order valence-corrected chi connectivity index (χ3v) is 1.19. The van der Waals surface area contributed by atoms with Crippen LogP contribution in [0, 0.1) is 0 Å². The Morgan fingerprint density at radius 1 is 1.82 bits per heavy atom. The van der Waals surface area contributed by atoms with Gasteiger partial charge in [0.05, 0.1) is 17.6 Å². The third kappa shape index (κ3) is 5.94. The molecule has 3 nitrogen and oxygen atoms in total. The highest BCUT2D eigenvalue weighted by Crippen LogP contribution is 2.00. The van der Waals surface area contributed by atoms with Crippen molar-refractivity contribution in [3.05, 3.63) is 11.5 Å². The quantitative estimate of drug-likeness (QED) is 0.377. The van der Waals surface area contributed by atoms with Crippen molar-refractivity contribution in [3.63, 3.8) is 0 Å². The van der Waals surface area contributed by atoms with Crippen LogP contribution >= 0.6 is 12.6 Å². The number of hydrogen-bond acceptors (Lipinski definition) is 4. The summed E-state index contributed by atoms with van der Waals surface area (Å²) in [7, 11) is 0. The molecule has 1 N–H and O–H groups in total. The van der Waals surface area contributed by atoms with E-state index in [1.165, 1.54) is 0 Å². The number of esters is 1. The van der Waals surface area contributed by atoms with Crippen LogP contribution in [0.3, 0.4) is 0 Å². The molecule has 0 amide bonds. The molecule has 0 spiro atoms. The molecule has 0 saturated heterocycles. The van der Waals surface area contributed by atoms with Crippen molar-refractivity contribution in [2.24, 2.45) is 0 Å². The van der Waals surface area contributed by atoms with Gasteiger partial charge in [-0.15, -0.1) is 12.6 Å². The van der Waals surface area contributed by atoms with E-state index >= 15 is 0 Å². The fraction of sp³-hybridized carbons (Fsp3) is 0.571. The molecule has 0 bridgehead atoms. The maximum atomic E-state index is 10.6. The highest BCUT2D eigenvalue weighted by atomic mass is 32.1. The fourth-order valence-electron chi connectivity index (χ4n) is 0.405. The number of carbonyl (C=O) groups excluding carboxylic acids is 1. The van der Waals surface area contributed by atoms with Gasteiger partial charge in [-0.25, -0.2) is 4.79 Å². The van der Waals surface area contributed by atoms with Gasteiger partial charge in [0, 0.05) is 6.42 Å². The molecule has 4 heteroatoms. The smallest absolute Gasteiger partial charge is 0.343 e. The minimum Gasteiger partial charge on any atom is -0.462 e. The Morgan fingerprint density at radius 2 is 2.36 bits per heavy atom. The molecule has 0 aromatic rings. The van der Waals surface area contributed by atoms with Crippen LogP contribution in [0.1, 0.15) is 13.3 Å². The monoisotopic (exact) mass is 176 g/mol. The molecule has 1 atom stereocenters. The zero-order chi connectivity index (χ0) is 8.85. The molecule has 1 unspecified atom stereocenters. The van der Waals surface area contributed by atoms with Gasteiger partial charge in [0.1, 0.15) is 0 Å². The van der Waals surface area contributed by atoms with Crippen LogP contribution < -0.4 is 0 Å². The van der Waals surface area contributed by atoms with E-state index in [-0.39, 0.29) is 11.5 Å². The lowest BCUT2D eigenvalue weighted by Crippen LogP contribution is -2.10. The number of aliphatic hydroxyl groups is 1. The lowest BCUT2D eigenvalue weighted by Gasteiger charge is -2.04. The summed E-state index contributed by atoms with van der Waals surface area (Å²) in [6.45, 7) is 5.11. The van der Waals surface area contributed by atoms with E-state index in [2.05, 4.69) is 23.9 Å². The Bertz CT molecular complexity index is 154. The topological polar surface area (TPSA) is 46.5 Å². The zero-order valence-electron chi connectivity index (χ0n) is 6.41. The van der Waals surface area contributed by atoms with E-state index in [1.54, 1.807) is 6.92 Å². The van der Waals surface area contributed by atoms with Gasteiger partial charge in [0.15, 0.2) is 0 Å². The summed E-state index contributed by atoms with van der Waals surface area (Å²) in [5, 5.41) is 8.77. The van der Waals surface area contributed by atoms with Gasteiger partial charge in [-0.2, -0.15) is 0 Å². The van der Waals surface area contributed by atoms with Gasteiger partial charge in [-0.1, -0.05) is 6.58 Å². The van der Waals surface area contributed by atoms with Crippen molar-refractivity contribution in [2.75, 3.05) is 6.61 Å². The first-order valence-corrected chi connectivity index (χ1v) is 3.72. The van der Waals surface area contributed by atoms with Crippen LogP contribution in [0.2, 0.25) is 0 Å². The lowest BCUT2D eigenvalue weighted by molar-refractivity contribution is -0.138. The van der Waals surface area contributed by atoms with Gasteiger partial charge in [-0.3, -0.25) is 0 Å². The van der Waals surface area contributed by atoms with Crippen molar-refractivity contribution in [3.8, 4) is 0 Å². The number of ether oxygens (including phenoxy) is 1. The second-order valence-corrected chi connectivity index (χ2v) is 2.76. The SMILES string of the molecule is C=C(S)C(=O)OCCC(C)O. The van der Waals surface area contributed by atoms with E-state index in [0.29, 0.717) is 6.42 Å². The van der Waals surface area contributed by atoms with Crippen LogP contribution in [-0.4, -0.2) is 23.8 Å². The molecule has 0 rings (SSSR count). The maximum absolute atomic E-state index is 10.6. The summed E-state index contributed by atoms with van der Waals surface area (Å²) in [5.41, 5.74) is 0. The number of thiol groups is 1. The first kappa shape index (κ1) is 10.5. The van der Waals surface area contributed by atoms with Gasteiger partial charge in [-0.05, 0) is 6.92 Å². The summed E-state index contributed by atoms with van der Waals surface area (Å²) >= 11 is 3.69. The average Bonchev–Trinajstić information content (AvgIpc) is 1.86. The Balaban J connectivity index is 3.40. The van der Waals surface area contributed by atoms with Crippen LogP contribution in [0.4, 0.5) is 0 Å². The van der Waals surface area contributed by atoms with Crippen LogP contribution in [0.25, 0.3) is 0 Å². The average molecular weight is 176 g/mol. The second kappa shape index (κ2) is 5.21. The maximum Gasteiger partial charge on any atom is 0.343 e. The molecule has 0 heterocycles. The van der Waals surface area contributed by atoms with Crippen molar-refractivity contribution < 1.29 is 14.6 Å². The minimum absolute atomic E-state index is 0.0793. The molecule has 11 heavy (non-hydrogen) atoms.